The number of para-hydroxylation sites is 1. The summed E-state index contributed by atoms with van der Waals surface area (Å²) in [7, 11) is 3.40. The number of rotatable bonds is 4. The summed E-state index contributed by atoms with van der Waals surface area (Å²) >= 11 is 0. The van der Waals surface area contributed by atoms with Crippen LogP contribution in [-0.4, -0.2) is 39.8 Å². The summed E-state index contributed by atoms with van der Waals surface area (Å²) in [6, 6.07) is 9.08. The Balaban J connectivity index is 1.53. The molecule has 0 radical (unpaired) electrons. The number of hydrogen-bond acceptors (Lipinski definition) is 5. The molecule has 4 heterocycles. The molecule has 0 N–H and O–H groups in total. The maximum Gasteiger partial charge on any atom is 0.165 e. The van der Waals surface area contributed by atoms with Crippen molar-refractivity contribution < 1.29 is 9.47 Å². The highest BCUT2D eigenvalue weighted by Crippen LogP contribution is 2.45. The molecule has 2 unspecified atom stereocenters. The fraction of sp³-hybridized carbons (Fsp3) is 0.429. The van der Waals surface area contributed by atoms with E-state index >= 15 is 0 Å². The minimum Gasteiger partial charge on any atom is -0.493 e. The Morgan fingerprint density at radius 3 is 2.89 bits per heavy atom. The number of aromatic nitrogens is 3. The summed E-state index contributed by atoms with van der Waals surface area (Å²) in [4.78, 5) is 7.26. The monoisotopic (exact) mass is 364 g/mol. The van der Waals surface area contributed by atoms with E-state index in [0.29, 0.717) is 12.1 Å². The zero-order valence-corrected chi connectivity index (χ0v) is 16.0. The van der Waals surface area contributed by atoms with Crippen LogP contribution in [0.4, 0.5) is 0 Å². The first-order chi connectivity index (χ1) is 13.2. The third kappa shape index (κ3) is 2.51. The van der Waals surface area contributed by atoms with Gasteiger partial charge in [0.1, 0.15) is 0 Å². The number of aryl methyl sites for hydroxylation is 1. The van der Waals surface area contributed by atoms with Crippen LogP contribution in [0, 0.1) is 6.92 Å². The third-order valence-corrected chi connectivity index (χ3v) is 6.01. The van der Waals surface area contributed by atoms with Crippen LogP contribution in [-0.2, 0) is 13.0 Å². The Hall–Kier alpha value is -2.60. The summed E-state index contributed by atoms with van der Waals surface area (Å²) in [6.07, 6.45) is 5.44. The number of benzene rings is 1. The van der Waals surface area contributed by atoms with E-state index in [0.717, 1.165) is 42.2 Å². The topological polar surface area (TPSA) is 51.9 Å². The van der Waals surface area contributed by atoms with E-state index < -0.39 is 0 Å². The van der Waals surface area contributed by atoms with Crippen molar-refractivity contribution in [2.75, 3.05) is 14.2 Å². The van der Waals surface area contributed by atoms with Crippen molar-refractivity contribution >= 4 is 5.65 Å². The SMILES string of the molecule is COc1cccc(CN2C3CCC2c2cnc4cc(C)nn4c2C3)c1OC. The van der Waals surface area contributed by atoms with E-state index in [2.05, 4.69) is 37.8 Å². The summed E-state index contributed by atoms with van der Waals surface area (Å²) in [6.45, 7) is 2.88. The second kappa shape index (κ2) is 6.23. The van der Waals surface area contributed by atoms with Crippen LogP contribution >= 0.6 is 0 Å². The lowest BCUT2D eigenvalue weighted by Gasteiger charge is -2.36. The van der Waals surface area contributed by atoms with Crippen LogP contribution in [0.1, 0.15) is 41.4 Å². The van der Waals surface area contributed by atoms with Crippen LogP contribution in [0.15, 0.2) is 30.5 Å². The van der Waals surface area contributed by atoms with Crippen LogP contribution in [0.25, 0.3) is 5.65 Å². The van der Waals surface area contributed by atoms with Crippen molar-refractivity contribution in [3.05, 3.63) is 53.0 Å². The van der Waals surface area contributed by atoms with E-state index in [-0.39, 0.29) is 0 Å². The van der Waals surface area contributed by atoms with Gasteiger partial charge in [-0.3, -0.25) is 4.90 Å². The highest BCUT2D eigenvalue weighted by Gasteiger charge is 2.41. The molecule has 1 saturated heterocycles. The lowest BCUT2D eigenvalue weighted by molar-refractivity contribution is 0.163. The van der Waals surface area contributed by atoms with Crippen LogP contribution < -0.4 is 9.47 Å². The van der Waals surface area contributed by atoms with Gasteiger partial charge in [0.15, 0.2) is 17.1 Å². The number of methoxy groups -OCH3 is 2. The second-order valence-electron chi connectivity index (χ2n) is 7.49. The third-order valence-electron chi connectivity index (χ3n) is 6.01. The highest BCUT2D eigenvalue weighted by molar-refractivity contribution is 5.47. The predicted molar refractivity (Wildman–Crippen MR) is 102 cm³/mol. The molecule has 6 nitrogen and oxygen atoms in total. The summed E-state index contributed by atoms with van der Waals surface area (Å²) in [5, 5.41) is 4.68. The van der Waals surface area contributed by atoms with Crippen LogP contribution in [0.5, 0.6) is 11.5 Å². The van der Waals surface area contributed by atoms with E-state index in [9.17, 15) is 0 Å². The van der Waals surface area contributed by atoms with Crippen molar-refractivity contribution in [3.63, 3.8) is 0 Å². The van der Waals surface area contributed by atoms with Gasteiger partial charge >= 0.3 is 0 Å². The smallest absolute Gasteiger partial charge is 0.165 e. The Morgan fingerprint density at radius 1 is 1.19 bits per heavy atom. The summed E-state index contributed by atoms with van der Waals surface area (Å²) in [5.74, 6) is 1.62. The fourth-order valence-corrected chi connectivity index (χ4v) is 4.82. The maximum absolute atomic E-state index is 5.65. The zero-order chi connectivity index (χ0) is 18.5. The van der Waals surface area contributed by atoms with Gasteiger partial charge in [0.05, 0.1) is 25.6 Å². The second-order valence-corrected chi connectivity index (χ2v) is 7.49. The number of hydrogen-bond donors (Lipinski definition) is 0. The van der Waals surface area contributed by atoms with Gasteiger partial charge in [-0.25, -0.2) is 9.50 Å². The fourth-order valence-electron chi connectivity index (χ4n) is 4.82. The van der Waals surface area contributed by atoms with E-state index in [1.807, 2.05) is 19.1 Å². The average molecular weight is 364 g/mol. The number of nitrogens with zero attached hydrogens (tertiary/aromatic N) is 4. The maximum atomic E-state index is 5.65. The van der Waals surface area contributed by atoms with Crippen LogP contribution in [0.3, 0.4) is 0 Å². The first-order valence-corrected chi connectivity index (χ1v) is 9.49. The normalized spacial score (nSPS) is 21.4. The van der Waals surface area contributed by atoms with Crippen molar-refractivity contribution in [2.45, 2.75) is 44.8 Å². The van der Waals surface area contributed by atoms with E-state index in [4.69, 9.17) is 9.47 Å². The zero-order valence-electron chi connectivity index (χ0n) is 16.0. The van der Waals surface area contributed by atoms with Crippen molar-refractivity contribution in [3.8, 4) is 11.5 Å². The molecule has 140 valence electrons. The molecule has 2 aliphatic heterocycles. The molecule has 0 saturated carbocycles. The van der Waals surface area contributed by atoms with Crippen molar-refractivity contribution in [1.29, 1.82) is 0 Å². The number of fused-ring (bicyclic) bond motifs is 6. The van der Waals surface area contributed by atoms with Crippen LogP contribution in [0.2, 0.25) is 0 Å². The van der Waals surface area contributed by atoms with Gasteiger partial charge in [0, 0.05) is 48.4 Å². The molecule has 0 spiro atoms. The summed E-state index contributed by atoms with van der Waals surface area (Å²) in [5.41, 5.74) is 5.79. The molecule has 5 rings (SSSR count). The molecule has 0 aliphatic carbocycles. The lowest BCUT2D eigenvalue weighted by atomic mass is 9.98. The van der Waals surface area contributed by atoms with Gasteiger partial charge in [-0.2, -0.15) is 5.10 Å². The van der Waals surface area contributed by atoms with Crippen molar-refractivity contribution in [1.82, 2.24) is 19.5 Å². The Labute approximate surface area is 158 Å². The van der Waals surface area contributed by atoms with Crippen molar-refractivity contribution in [2.24, 2.45) is 0 Å². The minimum absolute atomic E-state index is 0.385. The molecule has 1 aromatic carbocycles. The van der Waals surface area contributed by atoms with Gasteiger partial charge in [0.2, 0.25) is 0 Å². The molecule has 2 aliphatic rings. The largest absolute Gasteiger partial charge is 0.493 e. The molecule has 6 heteroatoms. The molecule has 1 fully saturated rings. The minimum atomic E-state index is 0.385. The average Bonchev–Trinajstić information content (AvgIpc) is 3.19. The summed E-state index contributed by atoms with van der Waals surface area (Å²) < 4.78 is 13.2. The molecule has 2 aromatic heterocycles. The molecule has 2 bridgehead atoms. The molecule has 0 amide bonds. The Bertz CT molecular complexity index is 1010. The molecule has 3 aromatic rings. The number of ether oxygens (including phenoxy) is 2. The first-order valence-electron chi connectivity index (χ1n) is 9.49. The highest BCUT2D eigenvalue weighted by atomic mass is 16.5. The first kappa shape index (κ1) is 16.6. The van der Waals surface area contributed by atoms with Gasteiger partial charge in [-0.05, 0) is 25.8 Å². The van der Waals surface area contributed by atoms with Gasteiger partial charge in [-0.1, -0.05) is 12.1 Å². The predicted octanol–water partition coefficient (Wildman–Crippen LogP) is 3.32. The Kier molecular flexibility index (Phi) is 3.82. The standard InChI is InChI=1S/C21H24N4O2/c1-13-9-20-22-11-16-17-8-7-15(10-18(16)25(20)23-13)24(17)12-14-5-4-6-19(26-2)21(14)27-3/h4-6,9,11,15,17H,7-8,10,12H2,1-3H3. The molecule has 27 heavy (non-hydrogen) atoms. The van der Waals surface area contributed by atoms with Gasteiger partial charge < -0.3 is 9.47 Å². The quantitative estimate of drug-likeness (QED) is 0.711. The van der Waals surface area contributed by atoms with E-state index in [1.54, 1.807) is 14.2 Å². The Morgan fingerprint density at radius 2 is 2.07 bits per heavy atom. The van der Waals surface area contributed by atoms with E-state index in [1.165, 1.54) is 23.2 Å². The molecular weight excluding hydrogens is 340 g/mol. The molecular formula is C21H24N4O2. The van der Waals surface area contributed by atoms with Gasteiger partial charge in [-0.15, -0.1) is 0 Å². The van der Waals surface area contributed by atoms with Gasteiger partial charge in [0.25, 0.3) is 0 Å². The lowest BCUT2D eigenvalue weighted by Crippen LogP contribution is -2.38. The molecule has 2 atom stereocenters.